The maximum Gasteiger partial charge on any atom is 0.220 e. The molecular formula is C13H15N3O3S. The van der Waals surface area contributed by atoms with Crippen molar-refractivity contribution in [3.63, 3.8) is 0 Å². The minimum absolute atomic E-state index is 0.0244. The van der Waals surface area contributed by atoms with Crippen LogP contribution in [0.3, 0.4) is 0 Å². The predicted octanol–water partition coefficient (Wildman–Crippen LogP) is 1.53. The summed E-state index contributed by atoms with van der Waals surface area (Å²) in [6, 6.07) is 6.93. The van der Waals surface area contributed by atoms with Gasteiger partial charge < -0.3 is 10.5 Å². The van der Waals surface area contributed by atoms with Crippen molar-refractivity contribution in [3.05, 3.63) is 30.5 Å². The summed E-state index contributed by atoms with van der Waals surface area (Å²) in [5, 5.41) is 0. The smallest absolute Gasteiger partial charge is 0.220 e. The zero-order valence-corrected chi connectivity index (χ0v) is 12.0. The first-order valence-electron chi connectivity index (χ1n) is 5.97. The molecule has 0 radical (unpaired) electrons. The van der Waals surface area contributed by atoms with Crippen LogP contribution in [0.25, 0.3) is 11.3 Å². The molecule has 2 rings (SSSR count). The quantitative estimate of drug-likeness (QED) is 0.918. The topological polar surface area (TPSA) is 95.2 Å². The Kier molecular flexibility index (Phi) is 3.89. The van der Waals surface area contributed by atoms with Crippen molar-refractivity contribution in [2.45, 2.75) is 11.8 Å². The second kappa shape index (κ2) is 5.46. The van der Waals surface area contributed by atoms with Crippen molar-refractivity contribution < 1.29 is 13.2 Å². The van der Waals surface area contributed by atoms with Gasteiger partial charge >= 0.3 is 0 Å². The molecule has 0 aliphatic heterocycles. The molecule has 2 N–H and O–H groups in total. The molecular weight excluding hydrogens is 278 g/mol. The van der Waals surface area contributed by atoms with E-state index in [0.717, 1.165) is 0 Å². The SMILES string of the molecule is CCS(=O)(=O)c1cnc(N)nc1-c1ccc(OC)cc1. The molecule has 6 nitrogen and oxygen atoms in total. The standard InChI is InChI=1S/C13H15N3O3S/c1-3-20(17,18)11-8-15-13(14)16-12(11)9-4-6-10(19-2)7-5-9/h4-8H,3H2,1-2H3,(H2,14,15,16). The number of ether oxygens (including phenoxy) is 1. The fourth-order valence-corrected chi connectivity index (χ4v) is 2.71. The van der Waals surface area contributed by atoms with E-state index < -0.39 is 9.84 Å². The van der Waals surface area contributed by atoms with Gasteiger partial charge in [-0.15, -0.1) is 0 Å². The Labute approximate surface area is 117 Å². The number of nitrogen functional groups attached to an aromatic ring is 1. The van der Waals surface area contributed by atoms with Crippen LogP contribution in [0.5, 0.6) is 5.75 Å². The normalized spacial score (nSPS) is 11.3. The first-order chi connectivity index (χ1) is 9.47. The lowest BCUT2D eigenvalue weighted by atomic mass is 10.1. The van der Waals surface area contributed by atoms with E-state index in [0.29, 0.717) is 17.0 Å². The minimum atomic E-state index is -3.42. The third-order valence-electron chi connectivity index (χ3n) is 2.85. The maximum absolute atomic E-state index is 12.1. The van der Waals surface area contributed by atoms with Gasteiger partial charge in [0.1, 0.15) is 10.6 Å². The molecule has 20 heavy (non-hydrogen) atoms. The number of benzene rings is 1. The fourth-order valence-electron chi connectivity index (χ4n) is 1.72. The van der Waals surface area contributed by atoms with Gasteiger partial charge in [0, 0.05) is 5.56 Å². The molecule has 0 saturated heterocycles. The van der Waals surface area contributed by atoms with Gasteiger partial charge in [0.05, 0.1) is 24.8 Å². The third kappa shape index (κ3) is 2.72. The van der Waals surface area contributed by atoms with Crippen molar-refractivity contribution in [2.24, 2.45) is 0 Å². The molecule has 0 aliphatic rings. The van der Waals surface area contributed by atoms with Crippen LogP contribution in [-0.2, 0) is 9.84 Å². The highest BCUT2D eigenvalue weighted by molar-refractivity contribution is 7.91. The highest BCUT2D eigenvalue weighted by Crippen LogP contribution is 2.27. The van der Waals surface area contributed by atoms with Gasteiger partial charge in [0.25, 0.3) is 0 Å². The zero-order chi connectivity index (χ0) is 14.8. The van der Waals surface area contributed by atoms with E-state index in [-0.39, 0.29) is 16.6 Å². The molecule has 0 unspecified atom stereocenters. The van der Waals surface area contributed by atoms with Gasteiger partial charge in [-0.2, -0.15) is 0 Å². The van der Waals surface area contributed by atoms with E-state index in [4.69, 9.17) is 10.5 Å². The van der Waals surface area contributed by atoms with Crippen LogP contribution in [0.15, 0.2) is 35.4 Å². The van der Waals surface area contributed by atoms with E-state index in [9.17, 15) is 8.42 Å². The Hall–Kier alpha value is -2.15. The zero-order valence-electron chi connectivity index (χ0n) is 11.2. The summed E-state index contributed by atoms with van der Waals surface area (Å²) in [7, 11) is -1.86. The number of methoxy groups -OCH3 is 1. The first-order valence-corrected chi connectivity index (χ1v) is 7.63. The van der Waals surface area contributed by atoms with E-state index in [2.05, 4.69) is 9.97 Å². The van der Waals surface area contributed by atoms with Gasteiger partial charge in [0.15, 0.2) is 9.84 Å². The Balaban J connectivity index is 2.62. The third-order valence-corrected chi connectivity index (χ3v) is 4.58. The largest absolute Gasteiger partial charge is 0.497 e. The average Bonchev–Trinajstić information content (AvgIpc) is 2.47. The van der Waals surface area contributed by atoms with E-state index in [1.807, 2.05) is 0 Å². The summed E-state index contributed by atoms with van der Waals surface area (Å²) in [5.74, 6) is 0.685. The number of sulfone groups is 1. The molecule has 106 valence electrons. The molecule has 0 atom stereocenters. The Morgan fingerprint density at radius 1 is 1.25 bits per heavy atom. The summed E-state index contributed by atoms with van der Waals surface area (Å²) in [5.41, 5.74) is 6.52. The van der Waals surface area contributed by atoms with Crippen molar-refractivity contribution in [3.8, 4) is 17.0 Å². The molecule has 0 aliphatic carbocycles. The van der Waals surface area contributed by atoms with Crippen molar-refractivity contribution >= 4 is 15.8 Å². The van der Waals surface area contributed by atoms with Crippen LogP contribution in [0.4, 0.5) is 5.95 Å². The van der Waals surface area contributed by atoms with E-state index in [1.165, 1.54) is 6.20 Å². The molecule has 1 heterocycles. The number of rotatable bonds is 4. The molecule has 1 aromatic heterocycles. The van der Waals surface area contributed by atoms with Crippen LogP contribution < -0.4 is 10.5 Å². The van der Waals surface area contributed by atoms with Gasteiger partial charge in [-0.25, -0.2) is 18.4 Å². The number of nitrogens with zero attached hydrogens (tertiary/aromatic N) is 2. The number of nitrogens with two attached hydrogens (primary N) is 1. The second-order valence-electron chi connectivity index (χ2n) is 4.07. The second-order valence-corrected chi connectivity index (χ2v) is 6.32. The summed E-state index contributed by atoms with van der Waals surface area (Å²) in [6.45, 7) is 1.57. The highest BCUT2D eigenvalue weighted by atomic mass is 32.2. The van der Waals surface area contributed by atoms with E-state index in [1.54, 1.807) is 38.3 Å². The number of hydrogen-bond donors (Lipinski definition) is 1. The molecule has 7 heteroatoms. The van der Waals surface area contributed by atoms with E-state index >= 15 is 0 Å². The fraction of sp³-hybridized carbons (Fsp3) is 0.231. The average molecular weight is 293 g/mol. The first kappa shape index (κ1) is 14.3. The summed E-state index contributed by atoms with van der Waals surface area (Å²) in [6.07, 6.45) is 1.25. The van der Waals surface area contributed by atoms with Crippen molar-refractivity contribution in [1.82, 2.24) is 9.97 Å². The lowest BCUT2D eigenvalue weighted by Gasteiger charge is -2.09. The summed E-state index contributed by atoms with van der Waals surface area (Å²) < 4.78 is 29.2. The molecule has 0 saturated carbocycles. The van der Waals surface area contributed by atoms with Crippen molar-refractivity contribution in [2.75, 3.05) is 18.6 Å². The number of hydrogen-bond acceptors (Lipinski definition) is 6. The van der Waals surface area contributed by atoms with Crippen LogP contribution in [0.1, 0.15) is 6.92 Å². The van der Waals surface area contributed by atoms with Gasteiger partial charge in [-0.05, 0) is 24.3 Å². The van der Waals surface area contributed by atoms with Gasteiger partial charge in [-0.1, -0.05) is 6.92 Å². The van der Waals surface area contributed by atoms with Crippen LogP contribution in [-0.4, -0.2) is 31.2 Å². The molecule has 2 aromatic rings. The lowest BCUT2D eigenvalue weighted by Crippen LogP contribution is -2.09. The monoisotopic (exact) mass is 293 g/mol. The summed E-state index contributed by atoms with van der Waals surface area (Å²) in [4.78, 5) is 7.92. The van der Waals surface area contributed by atoms with Crippen LogP contribution in [0.2, 0.25) is 0 Å². The highest BCUT2D eigenvalue weighted by Gasteiger charge is 2.20. The molecule has 0 fully saturated rings. The molecule has 1 aromatic carbocycles. The van der Waals surface area contributed by atoms with Crippen LogP contribution >= 0.6 is 0 Å². The lowest BCUT2D eigenvalue weighted by molar-refractivity contribution is 0.415. The van der Waals surface area contributed by atoms with Gasteiger partial charge in [0.2, 0.25) is 5.95 Å². The van der Waals surface area contributed by atoms with Crippen LogP contribution in [0, 0.1) is 0 Å². The maximum atomic E-state index is 12.1. The summed E-state index contributed by atoms with van der Waals surface area (Å²) >= 11 is 0. The Bertz CT molecular complexity index is 712. The Morgan fingerprint density at radius 2 is 1.90 bits per heavy atom. The van der Waals surface area contributed by atoms with Gasteiger partial charge in [-0.3, -0.25) is 0 Å². The number of anilines is 1. The number of aromatic nitrogens is 2. The van der Waals surface area contributed by atoms with Crippen molar-refractivity contribution in [1.29, 1.82) is 0 Å². The molecule has 0 spiro atoms. The Morgan fingerprint density at radius 3 is 2.45 bits per heavy atom. The minimum Gasteiger partial charge on any atom is -0.497 e. The predicted molar refractivity (Wildman–Crippen MR) is 76.2 cm³/mol. The molecule has 0 bridgehead atoms. The molecule has 0 amide bonds.